The van der Waals surface area contributed by atoms with Crippen LogP contribution in [0.2, 0.25) is 5.02 Å². The molecule has 2 aromatic rings. The van der Waals surface area contributed by atoms with Gasteiger partial charge in [-0.05, 0) is 17.2 Å². The Bertz CT molecular complexity index is 619. The predicted octanol–water partition coefficient (Wildman–Crippen LogP) is 5.82. The van der Waals surface area contributed by atoms with Crippen molar-refractivity contribution in [2.45, 2.75) is 9.65 Å². The highest BCUT2D eigenvalue weighted by Gasteiger charge is 2.22. The summed E-state index contributed by atoms with van der Waals surface area (Å²) in [5.74, 6) is 0. The summed E-state index contributed by atoms with van der Waals surface area (Å²) in [6.07, 6.45) is 0. The molecule has 0 heterocycles. The molecule has 0 N–H and O–H groups in total. The third-order valence-electron chi connectivity index (χ3n) is 2.88. The fourth-order valence-electron chi connectivity index (χ4n) is 1.81. The lowest BCUT2D eigenvalue weighted by molar-refractivity contribution is -0.384. The number of rotatable bonds is 4. The first-order valence-corrected chi connectivity index (χ1v) is 7.98. The first kappa shape index (κ1) is 15.5. The van der Waals surface area contributed by atoms with Gasteiger partial charge in [-0.15, -0.1) is 0 Å². The van der Waals surface area contributed by atoms with Crippen molar-refractivity contribution in [2.75, 3.05) is 0 Å². The van der Waals surface area contributed by atoms with Crippen LogP contribution in [0.4, 0.5) is 5.69 Å². The van der Waals surface area contributed by atoms with Crippen molar-refractivity contribution in [2.24, 2.45) is 0 Å². The number of nitro groups is 1. The van der Waals surface area contributed by atoms with Crippen molar-refractivity contribution in [3.63, 3.8) is 0 Å². The van der Waals surface area contributed by atoms with Crippen LogP contribution >= 0.6 is 43.5 Å². The molecule has 0 spiro atoms. The van der Waals surface area contributed by atoms with E-state index in [2.05, 4.69) is 31.9 Å². The van der Waals surface area contributed by atoms with Gasteiger partial charge in [0.2, 0.25) is 0 Å². The lowest BCUT2D eigenvalue weighted by atomic mass is 10.0. The van der Waals surface area contributed by atoms with Crippen LogP contribution < -0.4 is 0 Å². The van der Waals surface area contributed by atoms with Crippen LogP contribution in [-0.4, -0.2) is 4.92 Å². The normalized spacial score (nSPS) is 13.8. The molecule has 0 bridgehead atoms. The molecule has 2 atom stereocenters. The highest BCUT2D eigenvalue weighted by molar-refractivity contribution is 9.12. The average molecular weight is 420 g/mol. The van der Waals surface area contributed by atoms with E-state index in [1.807, 2.05) is 24.3 Å². The first-order valence-electron chi connectivity index (χ1n) is 5.77. The Morgan fingerprint density at radius 1 is 1.00 bits per heavy atom. The largest absolute Gasteiger partial charge is 0.269 e. The van der Waals surface area contributed by atoms with Gasteiger partial charge in [0.1, 0.15) is 0 Å². The van der Waals surface area contributed by atoms with Crippen molar-refractivity contribution >= 4 is 49.1 Å². The van der Waals surface area contributed by atoms with Crippen LogP contribution in [0, 0.1) is 10.1 Å². The van der Waals surface area contributed by atoms with Gasteiger partial charge in [-0.25, -0.2) is 0 Å². The fourth-order valence-corrected chi connectivity index (χ4v) is 3.48. The van der Waals surface area contributed by atoms with Gasteiger partial charge in [-0.2, -0.15) is 0 Å². The number of halogens is 3. The molecule has 2 rings (SSSR count). The Balaban J connectivity index is 2.24. The third kappa shape index (κ3) is 3.40. The second-order valence-corrected chi connectivity index (χ2v) is 6.55. The molecule has 3 nitrogen and oxygen atoms in total. The quantitative estimate of drug-likeness (QED) is 0.356. The van der Waals surface area contributed by atoms with Crippen molar-refractivity contribution in [1.82, 2.24) is 0 Å². The molecule has 0 aliphatic carbocycles. The van der Waals surface area contributed by atoms with E-state index in [9.17, 15) is 10.1 Å². The third-order valence-corrected chi connectivity index (χ3v) is 6.01. The van der Waals surface area contributed by atoms with Crippen LogP contribution in [0.25, 0.3) is 0 Å². The number of hydrogen-bond donors (Lipinski definition) is 0. The Morgan fingerprint density at radius 3 is 2.15 bits per heavy atom. The van der Waals surface area contributed by atoms with Crippen molar-refractivity contribution in [3.05, 3.63) is 74.8 Å². The number of nitro benzene ring substituents is 1. The summed E-state index contributed by atoms with van der Waals surface area (Å²) in [5, 5.41) is 11.3. The molecular weight excluding hydrogens is 409 g/mol. The smallest absolute Gasteiger partial charge is 0.258 e. The molecule has 104 valence electrons. The molecule has 6 heteroatoms. The molecule has 0 saturated heterocycles. The minimum absolute atomic E-state index is 0.0299. The summed E-state index contributed by atoms with van der Waals surface area (Å²) < 4.78 is 0. The maximum absolute atomic E-state index is 10.6. The number of benzene rings is 2. The van der Waals surface area contributed by atoms with Crippen molar-refractivity contribution in [3.8, 4) is 0 Å². The Labute approximate surface area is 138 Å². The minimum Gasteiger partial charge on any atom is -0.258 e. The summed E-state index contributed by atoms with van der Waals surface area (Å²) in [7, 11) is 0. The number of hydrogen-bond acceptors (Lipinski definition) is 2. The summed E-state index contributed by atoms with van der Waals surface area (Å²) >= 11 is 13.4. The van der Waals surface area contributed by atoms with E-state index in [4.69, 9.17) is 11.6 Å². The monoisotopic (exact) mass is 417 g/mol. The van der Waals surface area contributed by atoms with Crippen LogP contribution in [0.1, 0.15) is 20.8 Å². The van der Waals surface area contributed by atoms with E-state index in [0.29, 0.717) is 5.02 Å². The zero-order valence-electron chi connectivity index (χ0n) is 10.2. The van der Waals surface area contributed by atoms with E-state index in [1.165, 1.54) is 12.1 Å². The summed E-state index contributed by atoms with van der Waals surface area (Å²) in [6, 6.07) is 14.0. The van der Waals surface area contributed by atoms with Gasteiger partial charge in [0.25, 0.3) is 5.69 Å². The molecule has 0 saturated carbocycles. The second kappa shape index (κ2) is 6.70. The summed E-state index contributed by atoms with van der Waals surface area (Å²) in [6.45, 7) is 0. The van der Waals surface area contributed by atoms with E-state index in [-0.39, 0.29) is 15.3 Å². The molecular formula is C14H10Br2ClNO2. The van der Waals surface area contributed by atoms with Gasteiger partial charge >= 0.3 is 0 Å². The van der Waals surface area contributed by atoms with Crippen molar-refractivity contribution in [1.29, 1.82) is 0 Å². The molecule has 0 aromatic heterocycles. The molecule has 2 aromatic carbocycles. The highest BCUT2D eigenvalue weighted by atomic mass is 79.9. The minimum atomic E-state index is -0.410. The maximum Gasteiger partial charge on any atom is 0.269 e. The van der Waals surface area contributed by atoms with E-state index < -0.39 is 4.92 Å². The summed E-state index contributed by atoms with van der Waals surface area (Å²) in [5.41, 5.74) is 1.99. The lowest BCUT2D eigenvalue weighted by Crippen LogP contribution is -2.00. The van der Waals surface area contributed by atoms with Crippen LogP contribution in [-0.2, 0) is 0 Å². The molecule has 0 radical (unpaired) electrons. The standard InChI is InChI=1S/C14H10Br2ClNO2/c15-13(9-5-7-10(8-6-9)18(19)20)14(16)11-3-1-2-4-12(11)17/h1-8,13-14H. The number of alkyl halides is 2. The number of non-ortho nitro benzene ring substituents is 1. The topological polar surface area (TPSA) is 43.1 Å². The Hall–Kier alpha value is -0.910. The average Bonchev–Trinajstić information content (AvgIpc) is 2.46. The van der Waals surface area contributed by atoms with Gasteiger partial charge in [0.15, 0.2) is 0 Å². The SMILES string of the molecule is O=[N+]([O-])c1ccc(C(Br)C(Br)c2ccccc2Cl)cc1. The first-order chi connectivity index (χ1) is 9.50. The van der Waals surface area contributed by atoms with Gasteiger partial charge in [0.05, 0.1) is 14.6 Å². The molecule has 20 heavy (non-hydrogen) atoms. The van der Waals surface area contributed by atoms with Gasteiger partial charge in [0, 0.05) is 17.2 Å². The van der Waals surface area contributed by atoms with Gasteiger partial charge in [-0.1, -0.05) is 73.8 Å². The van der Waals surface area contributed by atoms with Gasteiger partial charge in [-0.3, -0.25) is 10.1 Å². The maximum atomic E-state index is 10.6. The number of nitrogens with zero attached hydrogens (tertiary/aromatic N) is 1. The zero-order valence-corrected chi connectivity index (χ0v) is 14.1. The predicted molar refractivity (Wildman–Crippen MR) is 87.9 cm³/mol. The van der Waals surface area contributed by atoms with Crippen LogP contribution in [0.15, 0.2) is 48.5 Å². The van der Waals surface area contributed by atoms with Crippen molar-refractivity contribution < 1.29 is 4.92 Å². The zero-order chi connectivity index (χ0) is 14.7. The van der Waals surface area contributed by atoms with E-state index in [1.54, 1.807) is 12.1 Å². The lowest BCUT2D eigenvalue weighted by Gasteiger charge is -2.18. The Kier molecular flexibility index (Phi) is 5.18. The molecule has 0 amide bonds. The van der Waals surface area contributed by atoms with Gasteiger partial charge < -0.3 is 0 Å². The fraction of sp³-hybridized carbons (Fsp3) is 0.143. The van der Waals surface area contributed by atoms with Crippen LogP contribution in [0.5, 0.6) is 0 Å². The second-order valence-electron chi connectivity index (χ2n) is 4.17. The van der Waals surface area contributed by atoms with E-state index >= 15 is 0 Å². The molecule has 0 aliphatic heterocycles. The van der Waals surface area contributed by atoms with Crippen LogP contribution in [0.3, 0.4) is 0 Å². The van der Waals surface area contributed by atoms with E-state index in [0.717, 1.165) is 11.1 Å². The molecule has 0 aliphatic rings. The molecule has 2 unspecified atom stereocenters. The Morgan fingerprint density at radius 2 is 1.60 bits per heavy atom. The molecule has 0 fully saturated rings. The summed E-state index contributed by atoms with van der Waals surface area (Å²) in [4.78, 5) is 10.2. The highest BCUT2D eigenvalue weighted by Crippen LogP contribution is 2.44.